The number of carbonyl (C=O) groups excluding carboxylic acids is 3. The molecule has 0 spiro atoms. The zero-order valence-corrected chi connectivity index (χ0v) is 20.7. The van der Waals surface area contributed by atoms with Crippen molar-refractivity contribution < 1.29 is 29.0 Å². The molecule has 1 saturated heterocycles. The van der Waals surface area contributed by atoms with Crippen LogP contribution in [0.25, 0.3) is 5.76 Å². The minimum atomic E-state index is -0.878. The van der Waals surface area contributed by atoms with Crippen LogP contribution in [0.1, 0.15) is 52.9 Å². The third-order valence-corrected chi connectivity index (χ3v) is 6.14. The molecule has 8 nitrogen and oxygen atoms in total. The molecule has 1 aliphatic heterocycles. The average molecular weight is 501 g/mol. The van der Waals surface area contributed by atoms with Crippen LogP contribution in [0.5, 0.6) is 5.75 Å². The number of ketones is 1. The first-order chi connectivity index (χ1) is 17.9. The van der Waals surface area contributed by atoms with E-state index in [4.69, 9.17) is 9.47 Å². The molecule has 0 aliphatic carbocycles. The number of aromatic nitrogens is 1. The lowest BCUT2D eigenvalue weighted by molar-refractivity contribution is -0.140. The Bertz CT molecular complexity index is 1320. The molecule has 0 radical (unpaired) electrons. The predicted molar refractivity (Wildman–Crippen MR) is 137 cm³/mol. The highest BCUT2D eigenvalue weighted by molar-refractivity contribution is 6.46. The maximum atomic E-state index is 13.3. The Hall–Kier alpha value is -4.46. The van der Waals surface area contributed by atoms with Crippen molar-refractivity contribution >= 4 is 23.4 Å². The highest BCUT2D eigenvalue weighted by atomic mass is 16.5. The van der Waals surface area contributed by atoms with Gasteiger partial charge in [-0.25, -0.2) is 4.79 Å². The lowest BCUT2D eigenvalue weighted by Gasteiger charge is -2.25. The number of aliphatic hydroxyl groups is 1. The predicted octanol–water partition coefficient (Wildman–Crippen LogP) is 4.67. The molecule has 3 aromatic rings. The van der Waals surface area contributed by atoms with Crippen LogP contribution in [0, 0.1) is 0 Å². The molecule has 0 saturated carbocycles. The van der Waals surface area contributed by atoms with Crippen molar-refractivity contribution in [3.8, 4) is 5.75 Å². The van der Waals surface area contributed by atoms with E-state index < -0.39 is 23.7 Å². The summed E-state index contributed by atoms with van der Waals surface area (Å²) in [6, 6.07) is 15.9. The first kappa shape index (κ1) is 25.6. The van der Waals surface area contributed by atoms with E-state index in [1.165, 1.54) is 12.0 Å². The van der Waals surface area contributed by atoms with Crippen LogP contribution in [0.4, 0.5) is 0 Å². The fraction of sp³-hybridized carbons (Fsp3) is 0.241. The van der Waals surface area contributed by atoms with Gasteiger partial charge in [0.15, 0.2) is 0 Å². The van der Waals surface area contributed by atoms with E-state index in [9.17, 15) is 19.5 Å². The van der Waals surface area contributed by atoms with Gasteiger partial charge in [0, 0.05) is 24.5 Å². The number of ether oxygens (including phenoxy) is 2. The number of Topliss-reactive ketones (excluding diaryl/α,β-unsaturated/α-hetero) is 1. The molecule has 1 aromatic heterocycles. The van der Waals surface area contributed by atoms with Crippen molar-refractivity contribution in [2.45, 2.75) is 32.4 Å². The van der Waals surface area contributed by atoms with Gasteiger partial charge in [0.05, 0.1) is 30.9 Å². The molecule has 2 aromatic carbocycles. The third kappa shape index (κ3) is 5.53. The topological polar surface area (TPSA) is 106 Å². The van der Waals surface area contributed by atoms with Gasteiger partial charge in [-0.1, -0.05) is 43.7 Å². The number of pyridine rings is 1. The fourth-order valence-corrected chi connectivity index (χ4v) is 4.22. The molecule has 1 N–H and O–H groups in total. The van der Waals surface area contributed by atoms with Crippen LogP contribution in [0.15, 0.2) is 78.6 Å². The number of esters is 1. The van der Waals surface area contributed by atoms with Gasteiger partial charge in [0.2, 0.25) is 0 Å². The molecule has 0 bridgehead atoms. The Balaban J connectivity index is 1.79. The number of unbranched alkanes of at least 4 members (excludes halogenated alkanes) is 1. The molecule has 4 rings (SSSR count). The number of aliphatic hydroxyl groups excluding tert-OH is 1. The third-order valence-electron chi connectivity index (χ3n) is 6.14. The zero-order valence-electron chi connectivity index (χ0n) is 20.7. The molecule has 1 fully saturated rings. The Kier molecular flexibility index (Phi) is 7.98. The summed E-state index contributed by atoms with van der Waals surface area (Å²) in [5.74, 6) is -1.77. The van der Waals surface area contributed by atoms with E-state index in [-0.39, 0.29) is 17.9 Å². The quantitative estimate of drug-likeness (QED) is 0.150. The number of benzene rings is 2. The molecular weight excluding hydrogens is 472 g/mol. The summed E-state index contributed by atoms with van der Waals surface area (Å²) >= 11 is 0. The van der Waals surface area contributed by atoms with Gasteiger partial charge >= 0.3 is 5.97 Å². The van der Waals surface area contributed by atoms with Crippen LogP contribution >= 0.6 is 0 Å². The second kappa shape index (κ2) is 11.5. The second-order valence-corrected chi connectivity index (χ2v) is 8.63. The lowest BCUT2D eigenvalue weighted by Crippen LogP contribution is -2.29. The maximum absolute atomic E-state index is 13.3. The molecule has 8 heteroatoms. The van der Waals surface area contributed by atoms with Crippen molar-refractivity contribution in [3.63, 3.8) is 0 Å². The second-order valence-electron chi connectivity index (χ2n) is 8.63. The average Bonchev–Trinajstić information content (AvgIpc) is 3.18. The van der Waals surface area contributed by atoms with Crippen molar-refractivity contribution in [1.82, 2.24) is 9.88 Å². The molecule has 2 heterocycles. The monoisotopic (exact) mass is 500 g/mol. The normalized spacial score (nSPS) is 16.6. The summed E-state index contributed by atoms with van der Waals surface area (Å²) in [6.45, 7) is 2.70. The Labute approximate surface area is 215 Å². The van der Waals surface area contributed by atoms with Crippen molar-refractivity contribution in [2.24, 2.45) is 0 Å². The molecule has 1 unspecified atom stereocenters. The van der Waals surface area contributed by atoms with Gasteiger partial charge in [-0.15, -0.1) is 0 Å². The summed E-state index contributed by atoms with van der Waals surface area (Å²) in [6.07, 6.45) is 5.11. The zero-order chi connectivity index (χ0) is 26.4. The minimum Gasteiger partial charge on any atom is -0.507 e. The van der Waals surface area contributed by atoms with Gasteiger partial charge in [-0.3, -0.25) is 14.6 Å². The molecule has 1 atom stereocenters. The number of hydrogen-bond donors (Lipinski definition) is 1. The van der Waals surface area contributed by atoms with Crippen molar-refractivity contribution in [2.75, 3.05) is 13.7 Å². The molecule has 37 heavy (non-hydrogen) atoms. The number of amides is 1. The first-order valence-electron chi connectivity index (χ1n) is 12.0. The highest BCUT2D eigenvalue weighted by Crippen LogP contribution is 2.40. The number of rotatable bonds is 9. The Morgan fingerprint density at radius 3 is 2.51 bits per heavy atom. The summed E-state index contributed by atoms with van der Waals surface area (Å²) in [5.41, 5.74) is 1.95. The maximum Gasteiger partial charge on any atom is 0.337 e. The standard InChI is InChI=1S/C29H28N2O6/c1-3-4-15-37-23-9-5-8-22(16-23)26(32)24-25(20-10-12-21(13-11-20)29(35)36-2)31(28(34)27(24)33)18-19-7-6-14-30-17-19/h5-14,16-17,25,32H,3-4,15,18H2,1-2H3. The molecule has 1 aliphatic rings. The number of carbonyl (C=O) groups is 3. The Morgan fingerprint density at radius 2 is 1.84 bits per heavy atom. The van der Waals surface area contributed by atoms with E-state index in [0.717, 1.165) is 18.4 Å². The van der Waals surface area contributed by atoms with Gasteiger partial charge in [0.1, 0.15) is 11.5 Å². The van der Waals surface area contributed by atoms with Crippen LogP contribution in [0.3, 0.4) is 0 Å². The molecule has 190 valence electrons. The fourth-order valence-electron chi connectivity index (χ4n) is 4.22. The molecular formula is C29H28N2O6. The van der Waals surface area contributed by atoms with Crippen LogP contribution in [-0.4, -0.2) is 46.4 Å². The van der Waals surface area contributed by atoms with E-state index >= 15 is 0 Å². The van der Waals surface area contributed by atoms with E-state index in [0.29, 0.717) is 29.0 Å². The largest absolute Gasteiger partial charge is 0.507 e. The van der Waals surface area contributed by atoms with Crippen LogP contribution < -0.4 is 4.74 Å². The minimum absolute atomic E-state index is 0.0367. The summed E-state index contributed by atoms with van der Waals surface area (Å²) in [4.78, 5) is 43.9. The molecule has 1 amide bonds. The van der Waals surface area contributed by atoms with Crippen LogP contribution in [0.2, 0.25) is 0 Å². The number of nitrogens with zero attached hydrogens (tertiary/aromatic N) is 2. The van der Waals surface area contributed by atoms with E-state index in [1.54, 1.807) is 73.1 Å². The van der Waals surface area contributed by atoms with Gasteiger partial charge in [0.25, 0.3) is 11.7 Å². The summed E-state index contributed by atoms with van der Waals surface area (Å²) < 4.78 is 10.5. The smallest absolute Gasteiger partial charge is 0.337 e. The van der Waals surface area contributed by atoms with Gasteiger partial charge in [-0.05, 0) is 47.9 Å². The SMILES string of the molecule is CCCCOc1cccc(C(O)=C2C(=O)C(=O)N(Cc3cccnc3)C2c2ccc(C(=O)OC)cc2)c1. The summed E-state index contributed by atoms with van der Waals surface area (Å²) in [5, 5.41) is 11.3. The Morgan fingerprint density at radius 1 is 1.05 bits per heavy atom. The highest BCUT2D eigenvalue weighted by Gasteiger charge is 2.46. The number of hydrogen-bond acceptors (Lipinski definition) is 7. The van der Waals surface area contributed by atoms with E-state index in [2.05, 4.69) is 11.9 Å². The van der Waals surface area contributed by atoms with E-state index in [1.807, 2.05) is 0 Å². The van der Waals surface area contributed by atoms with Gasteiger partial charge < -0.3 is 19.5 Å². The first-order valence-corrected chi connectivity index (χ1v) is 12.0. The van der Waals surface area contributed by atoms with Gasteiger partial charge in [-0.2, -0.15) is 0 Å². The van der Waals surface area contributed by atoms with Crippen molar-refractivity contribution in [3.05, 3.63) is 101 Å². The van der Waals surface area contributed by atoms with Crippen LogP contribution in [-0.2, 0) is 20.9 Å². The summed E-state index contributed by atoms with van der Waals surface area (Å²) in [7, 11) is 1.29. The lowest BCUT2D eigenvalue weighted by atomic mass is 9.94. The number of methoxy groups -OCH3 is 1. The number of likely N-dealkylation sites (tertiary alicyclic amines) is 1. The van der Waals surface area contributed by atoms with Crippen molar-refractivity contribution in [1.29, 1.82) is 0 Å².